The van der Waals surface area contributed by atoms with Crippen LogP contribution in [0, 0.1) is 0 Å². The van der Waals surface area contributed by atoms with Gasteiger partial charge in [-0.15, -0.1) is 0 Å². The predicted molar refractivity (Wildman–Crippen MR) is 72.2 cm³/mol. The Bertz CT molecular complexity index is 606. The molecule has 6 nitrogen and oxygen atoms in total. The van der Waals surface area contributed by atoms with Crippen LogP contribution in [0.5, 0.6) is 0 Å². The summed E-state index contributed by atoms with van der Waals surface area (Å²) in [6.45, 7) is 3.99. The third kappa shape index (κ3) is 2.25. The molecule has 0 saturated carbocycles. The normalized spacial score (nSPS) is 15.8. The van der Waals surface area contributed by atoms with Gasteiger partial charge in [0.2, 0.25) is 5.91 Å². The number of carbonyl (C=O) groups excluding carboxylic acids is 1. The highest BCUT2D eigenvalue weighted by molar-refractivity contribution is 5.82. The van der Waals surface area contributed by atoms with Crippen LogP contribution in [0.15, 0.2) is 18.3 Å². The first-order valence-electron chi connectivity index (χ1n) is 6.63. The molecule has 2 aromatic rings. The van der Waals surface area contributed by atoms with E-state index in [-0.39, 0.29) is 5.91 Å². The molecule has 1 aliphatic heterocycles. The molecular weight excluding hydrogens is 242 g/mol. The molecule has 1 amide bonds. The van der Waals surface area contributed by atoms with Gasteiger partial charge in [0.05, 0.1) is 12.7 Å². The van der Waals surface area contributed by atoms with Gasteiger partial charge < -0.3 is 10.2 Å². The summed E-state index contributed by atoms with van der Waals surface area (Å²) >= 11 is 0. The molecule has 0 aliphatic carbocycles. The summed E-state index contributed by atoms with van der Waals surface area (Å²) in [5.74, 6) is 1.01. The van der Waals surface area contributed by atoms with Crippen molar-refractivity contribution in [1.82, 2.24) is 19.9 Å². The van der Waals surface area contributed by atoms with Gasteiger partial charge in [-0.1, -0.05) is 13.3 Å². The van der Waals surface area contributed by atoms with E-state index in [1.807, 2.05) is 12.1 Å². The Morgan fingerprint density at radius 1 is 1.47 bits per heavy atom. The zero-order valence-electron chi connectivity index (χ0n) is 11.0. The molecule has 0 spiro atoms. The number of hydrogen-bond acceptors (Lipinski definition) is 4. The Kier molecular flexibility index (Phi) is 3.06. The number of anilines is 1. The Labute approximate surface area is 111 Å². The van der Waals surface area contributed by atoms with Crippen LogP contribution in [-0.4, -0.2) is 40.1 Å². The second-order valence-electron chi connectivity index (χ2n) is 4.73. The van der Waals surface area contributed by atoms with Crippen molar-refractivity contribution in [3.05, 3.63) is 24.0 Å². The maximum Gasteiger partial charge on any atom is 0.239 e. The first-order valence-corrected chi connectivity index (χ1v) is 6.63. The van der Waals surface area contributed by atoms with Crippen LogP contribution in [-0.2, 0) is 11.2 Å². The predicted octanol–water partition coefficient (Wildman–Crippen LogP) is 0.618. The summed E-state index contributed by atoms with van der Waals surface area (Å²) in [5, 5.41) is 7.14. The molecular formula is C13H17N5O. The molecule has 6 heteroatoms. The van der Waals surface area contributed by atoms with Crippen LogP contribution >= 0.6 is 0 Å². The minimum absolute atomic E-state index is 0.0559. The number of piperazine rings is 1. The lowest BCUT2D eigenvalue weighted by Crippen LogP contribution is -2.48. The average Bonchev–Trinajstić information content (AvgIpc) is 2.86. The van der Waals surface area contributed by atoms with Crippen molar-refractivity contribution in [2.75, 3.05) is 24.5 Å². The number of amides is 1. The monoisotopic (exact) mass is 259 g/mol. The number of nitrogens with zero attached hydrogens (tertiary/aromatic N) is 4. The van der Waals surface area contributed by atoms with Crippen molar-refractivity contribution in [3.8, 4) is 0 Å². The molecule has 19 heavy (non-hydrogen) atoms. The average molecular weight is 259 g/mol. The van der Waals surface area contributed by atoms with Crippen LogP contribution < -0.4 is 10.2 Å². The quantitative estimate of drug-likeness (QED) is 0.877. The van der Waals surface area contributed by atoms with E-state index in [1.54, 1.807) is 10.7 Å². The van der Waals surface area contributed by atoms with Crippen molar-refractivity contribution in [2.45, 2.75) is 19.8 Å². The Morgan fingerprint density at radius 2 is 2.37 bits per heavy atom. The fraction of sp³-hybridized carbons (Fsp3) is 0.462. The van der Waals surface area contributed by atoms with Crippen molar-refractivity contribution in [1.29, 1.82) is 0 Å². The number of aromatic nitrogens is 3. The lowest BCUT2D eigenvalue weighted by molar-refractivity contribution is -0.120. The Hall–Kier alpha value is -2.11. The summed E-state index contributed by atoms with van der Waals surface area (Å²) in [5.41, 5.74) is 1.89. The molecule has 0 aromatic carbocycles. The molecule has 1 fully saturated rings. The highest BCUT2D eigenvalue weighted by atomic mass is 16.2. The van der Waals surface area contributed by atoms with Crippen LogP contribution in [0.25, 0.3) is 5.65 Å². The largest absolute Gasteiger partial charge is 0.353 e. The van der Waals surface area contributed by atoms with E-state index in [9.17, 15) is 4.79 Å². The van der Waals surface area contributed by atoms with E-state index in [4.69, 9.17) is 0 Å². The van der Waals surface area contributed by atoms with Crippen LogP contribution in [0.2, 0.25) is 0 Å². The summed E-state index contributed by atoms with van der Waals surface area (Å²) < 4.78 is 1.80. The fourth-order valence-corrected chi connectivity index (χ4v) is 2.39. The van der Waals surface area contributed by atoms with Gasteiger partial charge in [-0.05, 0) is 6.42 Å². The molecule has 0 unspecified atom stereocenters. The lowest BCUT2D eigenvalue weighted by atomic mass is 10.2. The molecule has 0 bridgehead atoms. The van der Waals surface area contributed by atoms with Crippen molar-refractivity contribution in [3.63, 3.8) is 0 Å². The van der Waals surface area contributed by atoms with Gasteiger partial charge in [-0.3, -0.25) is 4.79 Å². The highest BCUT2D eigenvalue weighted by Gasteiger charge is 2.19. The zero-order chi connectivity index (χ0) is 13.2. The zero-order valence-corrected chi connectivity index (χ0v) is 11.0. The molecule has 1 N–H and O–H groups in total. The van der Waals surface area contributed by atoms with E-state index in [2.05, 4.69) is 27.2 Å². The van der Waals surface area contributed by atoms with Gasteiger partial charge in [0, 0.05) is 30.9 Å². The summed E-state index contributed by atoms with van der Waals surface area (Å²) in [7, 11) is 0. The number of fused-ring (bicyclic) bond motifs is 1. The number of nitrogens with one attached hydrogen (secondary N) is 1. The van der Waals surface area contributed by atoms with Crippen molar-refractivity contribution in [2.24, 2.45) is 0 Å². The molecule has 3 rings (SSSR count). The van der Waals surface area contributed by atoms with E-state index >= 15 is 0 Å². The van der Waals surface area contributed by atoms with E-state index in [0.29, 0.717) is 13.1 Å². The minimum Gasteiger partial charge on any atom is -0.353 e. The van der Waals surface area contributed by atoms with E-state index in [0.717, 1.165) is 36.5 Å². The maximum absolute atomic E-state index is 11.5. The van der Waals surface area contributed by atoms with Crippen LogP contribution in [0.1, 0.15) is 19.0 Å². The van der Waals surface area contributed by atoms with Crippen LogP contribution in [0.4, 0.5) is 5.82 Å². The lowest BCUT2D eigenvalue weighted by Gasteiger charge is -2.28. The first kappa shape index (κ1) is 12.0. The number of hydrogen-bond donors (Lipinski definition) is 1. The van der Waals surface area contributed by atoms with Gasteiger partial charge in [0.15, 0.2) is 5.65 Å². The first-order chi connectivity index (χ1) is 9.28. The van der Waals surface area contributed by atoms with Gasteiger partial charge in [0.25, 0.3) is 0 Å². The minimum atomic E-state index is 0.0559. The highest BCUT2D eigenvalue weighted by Crippen LogP contribution is 2.18. The second-order valence-corrected chi connectivity index (χ2v) is 4.73. The molecule has 0 radical (unpaired) electrons. The van der Waals surface area contributed by atoms with Gasteiger partial charge in [-0.2, -0.15) is 9.61 Å². The number of aryl methyl sites for hydroxylation is 1. The van der Waals surface area contributed by atoms with Crippen molar-refractivity contribution >= 4 is 17.4 Å². The fourth-order valence-electron chi connectivity index (χ4n) is 2.39. The number of rotatable bonds is 3. The molecule has 2 aromatic heterocycles. The maximum atomic E-state index is 11.5. The smallest absolute Gasteiger partial charge is 0.239 e. The number of carbonyl (C=O) groups is 1. The second kappa shape index (κ2) is 4.87. The summed E-state index contributed by atoms with van der Waals surface area (Å²) in [4.78, 5) is 18.2. The molecule has 3 heterocycles. The SMILES string of the molecule is CCCc1cc(N2CCNC(=O)C2)n2nccc2n1. The van der Waals surface area contributed by atoms with Gasteiger partial charge in [-0.25, -0.2) is 4.98 Å². The standard InChI is InChI=1S/C13H17N5O/c1-2-3-10-8-13(17-7-6-14-12(19)9-17)18-11(16-10)4-5-15-18/h4-5,8H,2-3,6-7,9H2,1H3,(H,14,19). The Morgan fingerprint density at radius 3 is 3.16 bits per heavy atom. The molecule has 1 aliphatic rings. The third-order valence-electron chi connectivity index (χ3n) is 3.26. The third-order valence-corrected chi connectivity index (χ3v) is 3.26. The molecule has 100 valence electrons. The summed E-state index contributed by atoms with van der Waals surface area (Å²) in [6.07, 6.45) is 3.73. The van der Waals surface area contributed by atoms with Crippen molar-refractivity contribution < 1.29 is 4.79 Å². The van der Waals surface area contributed by atoms with E-state index in [1.165, 1.54) is 0 Å². The van der Waals surface area contributed by atoms with Gasteiger partial charge in [0.1, 0.15) is 5.82 Å². The Balaban J connectivity index is 2.04. The molecule has 0 atom stereocenters. The van der Waals surface area contributed by atoms with Crippen LogP contribution in [0.3, 0.4) is 0 Å². The molecule has 1 saturated heterocycles. The van der Waals surface area contributed by atoms with E-state index < -0.39 is 0 Å². The topological polar surface area (TPSA) is 62.5 Å². The summed E-state index contributed by atoms with van der Waals surface area (Å²) in [6, 6.07) is 3.94. The van der Waals surface area contributed by atoms with Gasteiger partial charge >= 0.3 is 0 Å².